The third kappa shape index (κ3) is 6.22. The topological polar surface area (TPSA) is 35.5 Å². The van der Waals surface area contributed by atoms with E-state index in [4.69, 9.17) is 9.47 Å². The maximum absolute atomic E-state index is 12.0. The molecule has 0 aromatic heterocycles. The molecule has 0 bridgehead atoms. The van der Waals surface area contributed by atoms with Gasteiger partial charge < -0.3 is 9.47 Å². The van der Waals surface area contributed by atoms with E-state index in [1.54, 1.807) is 0 Å². The predicted molar refractivity (Wildman–Crippen MR) is 127 cm³/mol. The van der Waals surface area contributed by atoms with Crippen LogP contribution in [0.3, 0.4) is 0 Å². The largest absolute Gasteiger partial charge is 0.493 e. The Kier molecular flexibility index (Phi) is 8.34. The molecule has 3 heteroatoms. The van der Waals surface area contributed by atoms with E-state index in [0.717, 1.165) is 50.7 Å². The highest BCUT2D eigenvalue weighted by Crippen LogP contribution is 2.35. The molecule has 0 N–H and O–H groups in total. The Morgan fingerprint density at radius 2 is 1.74 bits per heavy atom. The van der Waals surface area contributed by atoms with Crippen LogP contribution in [0.4, 0.5) is 0 Å². The number of carbonyl (C=O) groups excluding carboxylic acids is 1. The van der Waals surface area contributed by atoms with Crippen molar-refractivity contribution in [3.63, 3.8) is 0 Å². The number of fused-ring (bicyclic) bond motifs is 1. The van der Waals surface area contributed by atoms with Gasteiger partial charge in [-0.1, -0.05) is 55.5 Å². The van der Waals surface area contributed by atoms with Crippen molar-refractivity contribution in [1.29, 1.82) is 0 Å². The average Bonchev–Trinajstić information content (AvgIpc) is 3.02. The maximum atomic E-state index is 12.0. The zero-order valence-electron chi connectivity index (χ0n) is 19.3. The highest BCUT2D eigenvalue weighted by Gasteiger charge is 2.26. The quantitative estimate of drug-likeness (QED) is 0.307. The van der Waals surface area contributed by atoms with Gasteiger partial charge in [0, 0.05) is 5.56 Å². The number of benzene rings is 2. The first-order valence-electron chi connectivity index (χ1n) is 11.7. The SMILES string of the molecule is CCC(C)(C)C(=O)OCCCCCOc1cccc2c1CCCC=C2c1ccccc1. The summed E-state index contributed by atoms with van der Waals surface area (Å²) in [6.07, 6.45) is 9.26. The van der Waals surface area contributed by atoms with Gasteiger partial charge in [-0.25, -0.2) is 0 Å². The Morgan fingerprint density at radius 1 is 0.968 bits per heavy atom. The molecule has 0 saturated carbocycles. The molecule has 0 aliphatic heterocycles. The van der Waals surface area contributed by atoms with Crippen LogP contribution in [0.1, 0.15) is 76.0 Å². The molecule has 0 radical (unpaired) electrons. The lowest BCUT2D eigenvalue weighted by atomic mass is 9.91. The van der Waals surface area contributed by atoms with Gasteiger partial charge in [0.15, 0.2) is 0 Å². The van der Waals surface area contributed by atoms with Crippen molar-refractivity contribution in [3.05, 3.63) is 71.3 Å². The molecular formula is C28H36O3. The highest BCUT2D eigenvalue weighted by atomic mass is 16.5. The third-order valence-corrected chi connectivity index (χ3v) is 6.20. The molecule has 3 nitrogen and oxygen atoms in total. The van der Waals surface area contributed by atoms with Crippen LogP contribution < -0.4 is 4.74 Å². The summed E-state index contributed by atoms with van der Waals surface area (Å²) in [6.45, 7) is 7.07. The van der Waals surface area contributed by atoms with E-state index >= 15 is 0 Å². The van der Waals surface area contributed by atoms with Gasteiger partial charge in [-0.05, 0) is 81.6 Å². The van der Waals surface area contributed by atoms with Gasteiger partial charge in [0.25, 0.3) is 0 Å². The first-order valence-corrected chi connectivity index (χ1v) is 11.7. The minimum Gasteiger partial charge on any atom is -0.493 e. The van der Waals surface area contributed by atoms with Crippen molar-refractivity contribution < 1.29 is 14.3 Å². The van der Waals surface area contributed by atoms with Crippen LogP contribution in [0.15, 0.2) is 54.6 Å². The van der Waals surface area contributed by atoms with Crippen molar-refractivity contribution in [3.8, 4) is 5.75 Å². The monoisotopic (exact) mass is 420 g/mol. The van der Waals surface area contributed by atoms with Gasteiger partial charge in [-0.2, -0.15) is 0 Å². The molecule has 0 saturated heterocycles. The second kappa shape index (κ2) is 11.2. The van der Waals surface area contributed by atoms with Crippen LogP contribution >= 0.6 is 0 Å². The number of ether oxygens (including phenoxy) is 2. The summed E-state index contributed by atoms with van der Waals surface area (Å²) in [6, 6.07) is 17.0. The summed E-state index contributed by atoms with van der Waals surface area (Å²) >= 11 is 0. The first kappa shape index (κ1) is 23.1. The summed E-state index contributed by atoms with van der Waals surface area (Å²) < 4.78 is 11.6. The number of unbranched alkanes of at least 4 members (excludes halogenated alkanes) is 2. The number of hydrogen-bond donors (Lipinski definition) is 0. The van der Waals surface area contributed by atoms with Crippen LogP contribution in [0, 0.1) is 5.41 Å². The number of esters is 1. The summed E-state index contributed by atoms with van der Waals surface area (Å²) in [4.78, 5) is 12.0. The van der Waals surface area contributed by atoms with E-state index in [2.05, 4.69) is 54.6 Å². The molecule has 0 fully saturated rings. The number of rotatable bonds is 10. The number of hydrogen-bond acceptors (Lipinski definition) is 3. The lowest BCUT2D eigenvalue weighted by Crippen LogP contribution is -2.26. The molecule has 2 aromatic carbocycles. The van der Waals surface area contributed by atoms with Crippen LogP contribution in [0.25, 0.3) is 5.57 Å². The predicted octanol–water partition coefficient (Wildman–Crippen LogP) is 6.98. The Labute approximate surface area is 187 Å². The lowest BCUT2D eigenvalue weighted by molar-refractivity contribution is -0.154. The van der Waals surface area contributed by atoms with Crippen LogP contribution in [-0.4, -0.2) is 19.2 Å². The van der Waals surface area contributed by atoms with Gasteiger partial charge in [-0.3, -0.25) is 4.79 Å². The maximum Gasteiger partial charge on any atom is 0.311 e. The molecular weight excluding hydrogens is 384 g/mol. The summed E-state index contributed by atoms with van der Waals surface area (Å²) in [7, 11) is 0. The number of carbonyl (C=O) groups is 1. The van der Waals surface area contributed by atoms with Gasteiger partial charge in [-0.15, -0.1) is 0 Å². The fourth-order valence-electron chi connectivity index (χ4n) is 3.80. The Morgan fingerprint density at radius 3 is 2.52 bits per heavy atom. The molecule has 0 heterocycles. The first-order chi connectivity index (χ1) is 15.0. The number of allylic oxidation sites excluding steroid dienone is 1. The third-order valence-electron chi connectivity index (χ3n) is 6.20. The molecule has 2 aromatic rings. The van der Waals surface area contributed by atoms with Crippen LogP contribution in [0.5, 0.6) is 5.75 Å². The summed E-state index contributed by atoms with van der Waals surface area (Å²) in [5, 5.41) is 0. The molecule has 166 valence electrons. The molecule has 1 aliphatic rings. The molecule has 3 rings (SSSR count). The Bertz CT molecular complexity index is 880. The molecule has 0 unspecified atom stereocenters. The summed E-state index contributed by atoms with van der Waals surface area (Å²) in [5.41, 5.74) is 4.82. The second-order valence-corrected chi connectivity index (χ2v) is 8.94. The Hall–Kier alpha value is -2.55. The molecule has 0 atom stereocenters. The van der Waals surface area contributed by atoms with Gasteiger partial charge in [0.1, 0.15) is 5.75 Å². The smallest absolute Gasteiger partial charge is 0.311 e. The van der Waals surface area contributed by atoms with Crippen molar-refractivity contribution >= 4 is 11.5 Å². The van der Waals surface area contributed by atoms with E-state index in [-0.39, 0.29) is 11.4 Å². The molecule has 0 spiro atoms. The standard InChI is InChI=1S/C28H36O3/c1-4-28(2,3)27(29)31-21-12-6-11-20-30-26-19-13-18-24-23(16-9-10-17-25(24)26)22-14-7-5-8-15-22/h5,7-8,13-16,18-19H,4,6,9-12,17,20-21H2,1-3H3. The van der Waals surface area contributed by atoms with Crippen LogP contribution in [-0.2, 0) is 16.0 Å². The van der Waals surface area contributed by atoms with Gasteiger partial charge >= 0.3 is 5.97 Å². The van der Waals surface area contributed by atoms with Crippen molar-refractivity contribution in [2.24, 2.45) is 5.41 Å². The van der Waals surface area contributed by atoms with E-state index in [9.17, 15) is 4.79 Å². The highest BCUT2D eigenvalue weighted by molar-refractivity contribution is 5.82. The van der Waals surface area contributed by atoms with Crippen LogP contribution in [0.2, 0.25) is 0 Å². The average molecular weight is 421 g/mol. The van der Waals surface area contributed by atoms with E-state index in [1.807, 2.05) is 20.8 Å². The minimum atomic E-state index is -0.388. The molecule has 1 aliphatic carbocycles. The van der Waals surface area contributed by atoms with E-state index < -0.39 is 0 Å². The van der Waals surface area contributed by atoms with Crippen molar-refractivity contribution in [2.75, 3.05) is 13.2 Å². The Balaban J connectivity index is 1.51. The zero-order chi connectivity index (χ0) is 22.1. The van der Waals surface area contributed by atoms with E-state index in [0.29, 0.717) is 13.2 Å². The second-order valence-electron chi connectivity index (χ2n) is 8.94. The normalized spacial score (nSPS) is 13.7. The molecule has 31 heavy (non-hydrogen) atoms. The van der Waals surface area contributed by atoms with Crippen molar-refractivity contribution in [2.45, 2.75) is 65.7 Å². The lowest BCUT2D eigenvalue weighted by Gasteiger charge is -2.20. The zero-order valence-corrected chi connectivity index (χ0v) is 19.3. The fraction of sp³-hybridized carbons (Fsp3) is 0.464. The van der Waals surface area contributed by atoms with Gasteiger partial charge in [0.05, 0.1) is 18.6 Å². The summed E-state index contributed by atoms with van der Waals surface area (Å²) in [5.74, 6) is 0.915. The fourth-order valence-corrected chi connectivity index (χ4v) is 3.80. The van der Waals surface area contributed by atoms with Gasteiger partial charge in [0.2, 0.25) is 0 Å². The minimum absolute atomic E-state index is 0.0968. The van der Waals surface area contributed by atoms with Crippen molar-refractivity contribution in [1.82, 2.24) is 0 Å². The van der Waals surface area contributed by atoms with E-state index in [1.165, 1.54) is 22.3 Å². The molecule has 0 amide bonds.